The Bertz CT molecular complexity index is 812. The first kappa shape index (κ1) is 19.1. The zero-order valence-electron chi connectivity index (χ0n) is 15.2. The van der Waals surface area contributed by atoms with Crippen LogP contribution < -0.4 is 0 Å². The Kier molecular flexibility index (Phi) is 6.11. The molecule has 1 heterocycles. The highest BCUT2D eigenvalue weighted by atomic mass is 32.2. The third-order valence-corrected chi connectivity index (χ3v) is 7.03. The molecule has 142 valence electrons. The van der Waals surface area contributed by atoms with Crippen molar-refractivity contribution in [3.63, 3.8) is 0 Å². The molecule has 0 aliphatic heterocycles. The van der Waals surface area contributed by atoms with Gasteiger partial charge in [0.25, 0.3) is 0 Å². The smallest absolute Gasteiger partial charge is 0.246 e. The first-order valence-electron chi connectivity index (χ1n) is 9.23. The molecule has 0 radical (unpaired) electrons. The van der Waals surface area contributed by atoms with Gasteiger partial charge in [-0.25, -0.2) is 8.42 Å². The largest absolute Gasteiger partial charge is 0.395 e. The average Bonchev–Trinajstić information content (AvgIpc) is 3.02. The van der Waals surface area contributed by atoms with E-state index in [0.717, 1.165) is 37.7 Å². The van der Waals surface area contributed by atoms with E-state index in [1.807, 2.05) is 30.3 Å². The van der Waals surface area contributed by atoms with Gasteiger partial charge in [-0.05, 0) is 25.3 Å². The number of rotatable bonds is 7. The minimum absolute atomic E-state index is 0.0298. The van der Waals surface area contributed by atoms with E-state index in [4.69, 9.17) is 0 Å². The van der Waals surface area contributed by atoms with Crippen molar-refractivity contribution in [2.45, 2.75) is 56.5 Å². The van der Waals surface area contributed by atoms with E-state index in [-0.39, 0.29) is 24.1 Å². The van der Waals surface area contributed by atoms with Gasteiger partial charge in [0.1, 0.15) is 4.90 Å². The van der Waals surface area contributed by atoms with Gasteiger partial charge in [0.2, 0.25) is 10.0 Å². The van der Waals surface area contributed by atoms with Crippen molar-refractivity contribution in [3.05, 3.63) is 47.8 Å². The maximum absolute atomic E-state index is 13.3. The molecule has 0 amide bonds. The molecule has 1 saturated carbocycles. The van der Waals surface area contributed by atoms with Crippen LogP contribution in [0.25, 0.3) is 0 Å². The fraction of sp³-hybridized carbons (Fsp3) is 0.526. The third kappa shape index (κ3) is 4.16. The monoisotopic (exact) mass is 377 g/mol. The second kappa shape index (κ2) is 8.33. The van der Waals surface area contributed by atoms with Crippen LogP contribution in [0, 0.1) is 6.92 Å². The summed E-state index contributed by atoms with van der Waals surface area (Å²) in [5, 5.41) is 13.8. The van der Waals surface area contributed by atoms with E-state index in [9.17, 15) is 13.5 Å². The molecule has 1 aliphatic carbocycles. The van der Waals surface area contributed by atoms with Gasteiger partial charge in [-0.2, -0.15) is 9.40 Å². The summed E-state index contributed by atoms with van der Waals surface area (Å²) in [6, 6.07) is 9.81. The molecule has 0 bridgehead atoms. The van der Waals surface area contributed by atoms with Gasteiger partial charge in [-0.15, -0.1) is 0 Å². The van der Waals surface area contributed by atoms with Gasteiger partial charge < -0.3 is 5.11 Å². The summed E-state index contributed by atoms with van der Waals surface area (Å²) in [7, 11) is -3.67. The Morgan fingerprint density at radius 2 is 1.88 bits per heavy atom. The Labute approximate surface area is 155 Å². The number of hydrogen-bond acceptors (Lipinski definition) is 4. The summed E-state index contributed by atoms with van der Waals surface area (Å²) < 4.78 is 29.7. The van der Waals surface area contributed by atoms with E-state index < -0.39 is 10.0 Å². The predicted octanol–water partition coefficient (Wildman–Crippen LogP) is 2.56. The van der Waals surface area contributed by atoms with Gasteiger partial charge >= 0.3 is 0 Å². The van der Waals surface area contributed by atoms with Gasteiger partial charge in [-0.1, -0.05) is 49.6 Å². The lowest BCUT2D eigenvalue weighted by Gasteiger charge is -2.32. The number of sulfonamides is 1. The van der Waals surface area contributed by atoms with Crippen molar-refractivity contribution in [1.82, 2.24) is 14.1 Å². The molecule has 0 unspecified atom stereocenters. The van der Waals surface area contributed by atoms with E-state index in [1.54, 1.807) is 17.8 Å². The van der Waals surface area contributed by atoms with Crippen LogP contribution in [0.1, 0.15) is 43.4 Å². The lowest BCUT2D eigenvalue weighted by molar-refractivity contribution is 0.199. The van der Waals surface area contributed by atoms with Crippen molar-refractivity contribution in [1.29, 1.82) is 0 Å². The Morgan fingerprint density at radius 1 is 1.19 bits per heavy atom. The first-order valence-corrected chi connectivity index (χ1v) is 10.7. The number of hydrogen-bond donors (Lipinski definition) is 1. The molecule has 1 aromatic carbocycles. The molecule has 1 N–H and O–H groups in total. The lowest BCUT2D eigenvalue weighted by Crippen LogP contribution is -2.43. The van der Waals surface area contributed by atoms with E-state index in [1.165, 1.54) is 4.31 Å². The first-order chi connectivity index (χ1) is 12.5. The standard InChI is InChI=1S/C19H27N3O3S/c1-16-19(15-21(20-16)14-17-8-4-2-5-9-17)26(24,25)22(12-13-23)18-10-6-3-7-11-18/h2,4-5,8-9,15,18,23H,3,6-7,10-14H2,1H3. The van der Waals surface area contributed by atoms with E-state index in [0.29, 0.717) is 12.2 Å². The quantitative estimate of drug-likeness (QED) is 0.805. The van der Waals surface area contributed by atoms with Crippen LogP contribution in [0.15, 0.2) is 41.4 Å². The number of aliphatic hydroxyl groups excluding tert-OH is 1. The second-order valence-corrected chi connectivity index (χ2v) is 8.75. The molecule has 1 aliphatic rings. The molecular formula is C19H27N3O3S. The van der Waals surface area contributed by atoms with E-state index >= 15 is 0 Å². The summed E-state index contributed by atoms with van der Waals surface area (Å²) >= 11 is 0. The molecule has 7 heteroatoms. The summed E-state index contributed by atoms with van der Waals surface area (Å²) in [5.41, 5.74) is 1.57. The fourth-order valence-corrected chi connectivity index (χ4v) is 5.54. The van der Waals surface area contributed by atoms with Gasteiger partial charge in [0, 0.05) is 18.8 Å². The topological polar surface area (TPSA) is 75.4 Å². The molecule has 26 heavy (non-hydrogen) atoms. The second-order valence-electron chi connectivity index (χ2n) is 6.89. The number of aliphatic hydroxyl groups is 1. The van der Waals surface area contributed by atoms with Crippen molar-refractivity contribution in [3.8, 4) is 0 Å². The number of aromatic nitrogens is 2. The van der Waals surface area contributed by atoms with Crippen LogP contribution in [0.2, 0.25) is 0 Å². The third-order valence-electron chi connectivity index (χ3n) is 4.98. The Balaban J connectivity index is 1.87. The summed E-state index contributed by atoms with van der Waals surface area (Å²) in [4.78, 5) is 0.243. The maximum Gasteiger partial charge on any atom is 0.246 e. The SMILES string of the molecule is Cc1nn(Cc2ccccc2)cc1S(=O)(=O)N(CCO)C1CCCCC1. The van der Waals surface area contributed by atoms with Crippen LogP contribution in [0.5, 0.6) is 0 Å². The molecule has 1 fully saturated rings. The molecule has 2 aromatic rings. The Hall–Kier alpha value is -1.70. The molecular weight excluding hydrogens is 350 g/mol. The van der Waals surface area contributed by atoms with Crippen molar-refractivity contribution >= 4 is 10.0 Å². The number of benzene rings is 1. The number of nitrogens with zero attached hydrogens (tertiary/aromatic N) is 3. The van der Waals surface area contributed by atoms with Crippen molar-refractivity contribution in [2.24, 2.45) is 0 Å². The normalized spacial score (nSPS) is 16.3. The molecule has 0 spiro atoms. The molecule has 6 nitrogen and oxygen atoms in total. The minimum atomic E-state index is -3.67. The zero-order chi connectivity index (χ0) is 18.6. The predicted molar refractivity (Wildman–Crippen MR) is 100 cm³/mol. The van der Waals surface area contributed by atoms with Crippen LogP contribution in [-0.4, -0.2) is 46.8 Å². The van der Waals surface area contributed by atoms with Crippen LogP contribution in [-0.2, 0) is 16.6 Å². The molecule has 1 aromatic heterocycles. The van der Waals surface area contributed by atoms with Gasteiger partial charge in [0.15, 0.2) is 0 Å². The summed E-state index contributed by atoms with van der Waals surface area (Å²) in [6.07, 6.45) is 6.55. The summed E-state index contributed by atoms with van der Waals surface area (Å²) in [5.74, 6) is 0. The van der Waals surface area contributed by atoms with Gasteiger partial charge in [0.05, 0.1) is 18.8 Å². The highest BCUT2D eigenvalue weighted by Crippen LogP contribution is 2.28. The highest BCUT2D eigenvalue weighted by Gasteiger charge is 2.34. The lowest BCUT2D eigenvalue weighted by atomic mass is 9.95. The maximum atomic E-state index is 13.3. The van der Waals surface area contributed by atoms with Crippen LogP contribution >= 0.6 is 0 Å². The van der Waals surface area contributed by atoms with Crippen LogP contribution in [0.3, 0.4) is 0 Å². The molecule has 0 saturated heterocycles. The van der Waals surface area contributed by atoms with Gasteiger partial charge in [-0.3, -0.25) is 4.68 Å². The summed E-state index contributed by atoms with van der Waals surface area (Å²) in [6.45, 7) is 2.22. The average molecular weight is 378 g/mol. The van der Waals surface area contributed by atoms with E-state index in [2.05, 4.69) is 5.10 Å². The fourth-order valence-electron chi connectivity index (χ4n) is 3.70. The number of aryl methyl sites for hydroxylation is 1. The Morgan fingerprint density at radius 3 is 2.54 bits per heavy atom. The van der Waals surface area contributed by atoms with Crippen molar-refractivity contribution in [2.75, 3.05) is 13.2 Å². The molecule has 0 atom stereocenters. The minimum Gasteiger partial charge on any atom is -0.395 e. The van der Waals surface area contributed by atoms with Crippen molar-refractivity contribution < 1.29 is 13.5 Å². The molecule has 3 rings (SSSR count). The zero-order valence-corrected chi connectivity index (χ0v) is 16.0. The highest BCUT2D eigenvalue weighted by molar-refractivity contribution is 7.89. The van der Waals surface area contributed by atoms with Crippen LogP contribution in [0.4, 0.5) is 0 Å².